The topological polar surface area (TPSA) is 96.4 Å². The van der Waals surface area contributed by atoms with E-state index in [1.165, 1.54) is 18.3 Å². The lowest BCUT2D eigenvalue weighted by Gasteiger charge is -2.08. The van der Waals surface area contributed by atoms with Crippen LogP contribution in [0.3, 0.4) is 0 Å². The van der Waals surface area contributed by atoms with Gasteiger partial charge in [-0.1, -0.05) is 6.07 Å². The van der Waals surface area contributed by atoms with Crippen LogP contribution >= 0.6 is 11.3 Å². The van der Waals surface area contributed by atoms with Crippen molar-refractivity contribution in [2.75, 3.05) is 4.72 Å². The van der Waals surface area contributed by atoms with E-state index in [0.717, 1.165) is 17.4 Å². The van der Waals surface area contributed by atoms with Crippen molar-refractivity contribution >= 4 is 32.5 Å². The third kappa shape index (κ3) is 3.76. The summed E-state index contributed by atoms with van der Waals surface area (Å²) < 4.78 is 39.8. The maximum Gasteiger partial charge on any atom is 0.308 e. The molecule has 0 spiro atoms. The summed E-state index contributed by atoms with van der Waals surface area (Å²) in [5.41, 5.74) is 0.395. The molecule has 1 heterocycles. The van der Waals surface area contributed by atoms with Crippen LogP contribution in [-0.2, 0) is 21.2 Å². The van der Waals surface area contributed by atoms with Crippen molar-refractivity contribution in [1.29, 1.82) is 0 Å². The minimum Gasteiger partial charge on any atom is -0.481 e. The van der Waals surface area contributed by atoms with Crippen molar-refractivity contribution in [3.8, 4) is 0 Å². The first-order valence-corrected chi connectivity index (χ1v) is 8.03. The van der Waals surface area contributed by atoms with Crippen molar-refractivity contribution < 1.29 is 22.7 Å². The summed E-state index contributed by atoms with van der Waals surface area (Å²) in [5.74, 6) is -1.69. The second-order valence-electron chi connectivity index (χ2n) is 4.22. The fraction of sp³-hybridized carbons (Fsp3) is 0.167. The number of benzene rings is 1. The summed E-state index contributed by atoms with van der Waals surface area (Å²) >= 11 is 0.917. The Morgan fingerprint density at radius 3 is 2.86 bits per heavy atom. The average molecular weight is 330 g/mol. The molecule has 9 heteroatoms. The zero-order valence-electron chi connectivity index (χ0n) is 10.8. The third-order valence-electron chi connectivity index (χ3n) is 2.54. The maximum absolute atomic E-state index is 13.2. The SMILES string of the molecule is Cc1ccc(F)cc1S(=O)(=O)Nc1ncc(CC(=O)O)s1. The van der Waals surface area contributed by atoms with Crippen LogP contribution in [-0.4, -0.2) is 24.5 Å². The van der Waals surface area contributed by atoms with Crippen LogP contribution in [0.4, 0.5) is 9.52 Å². The van der Waals surface area contributed by atoms with Crippen molar-refractivity contribution in [3.05, 3.63) is 40.7 Å². The molecule has 0 bridgehead atoms. The molecule has 0 fully saturated rings. The van der Waals surface area contributed by atoms with E-state index in [0.29, 0.717) is 10.4 Å². The number of nitrogens with zero attached hydrogens (tertiary/aromatic N) is 1. The number of carboxylic acids is 1. The van der Waals surface area contributed by atoms with Crippen LogP contribution in [0.2, 0.25) is 0 Å². The Labute approximate surface area is 124 Å². The van der Waals surface area contributed by atoms with Crippen LogP contribution in [0.15, 0.2) is 29.3 Å². The van der Waals surface area contributed by atoms with Crippen LogP contribution in [0.5, 0.6) is 0 Å². The molecule has 0 radical (unpaired) electrons. The fourth-order valence-electron chi connectivity index (χ4n) is 1.62. The standard InChI is InChI=1S/C12H11FN2O4S2/c1-7-2-3-8(13)4-10(7)21(18,19)15-12-14-6-9(20-12)5-11(16)17/h2-4,6H,5H2,1H3,(H,14,15)(H,16,17). The minimum absolute atomic E-state index is 0.0370. The fourth-order valence-corrected chi connectivity index (χ4v) is 3.92. The van der Waals surface area contributed by atoms with Crippen molar-refractivity contribution in [1.82, 2.24) is 4.98 Å². The van der Waals surface area contributed by atoms with E-state index in [-0.39, 0.29) is 16.4 Å². The predicted molar refractivity (Wildman–Crippen MR) is 75.4 cm³/mol. The zero-order valence-corrected chi connectivity index (χ0v) is 12.5. The molecular formula is C12H11FN2O4S2. The zero-order chi connectivity index (χ0) is 15.6. The molecule has 0 amide bonds. The van der Waals surface area contributed by atoms with Crippen molar-refractivity contribution in [3.63, 3.8) is 0 Å². The Morgan fingerprint density at radius 2 is 2.19 bits per heavy atom. The highest BCUT2D eigenvalue weighted by molar-refractivity contribution is 7.93. The molecule has 112 valence electrons. The molecule has 0 aliphatic carbocycles. The van der Waals surface area contributed by atoms with Gasteiger partial charge in [-0.2, -0.15) is 0 Å². The molecule has 0 unspecified atom stereocenters. The second-order valence-corrected chi connectivity index (χ2v) is 6.98. The van der Waals surface area contributed by atoms with E-state index in [1.54, 1.807) is 6.92 Å². The number of thiazole rings is 1. The molecule has 2 rings (SSSR count). The number of nitrogens with one attached hydrogen (secondary N) is 1. The number of hydrogen-bond donors (Lipinski definition) is 2. The van der Waals surface area contributed by atoms with Gasteiger partial charge in [-0.15, -0.1) is 11.3 Å². The quantitative estimate of drug-likeness (QED) is 0.874. The second kappa shape index (κ2) is 5.78. The number of anilines is 1. The number of hydrogen-bond acceptors (Lipinski definition) is 5. The Bertz CT molecular complexity index is 786. The summed E-state index contributed by atoms with van der Waals surface area (Å²) in [5, 5.41) is 8.69. The van der Waals surface area contributed by atoms with Crippen LogP contribution in [0, 0.1) is 12.7 Å². The molecule has 6 nitrogen and oxygen atoms in total. The lowest BCUT2D eigenvalue weighted by Crippen LogP contribution is -2.14. The van der Waals surface area contributed by atoms with Crippen LogP contribution in [0.25, 0.3) is 0 Å². The van der Waals surface area contributed by atoms with Gasteiger partial charge in [0.1, 0.15) is 5.82 Å². The molecule has 2 N–H and O–H groups in total. The summed E-state index contributed by atoms with van der Waals surface area (Å²) in [4.78, 5) is 14.6. The lowest BCUT2D eigenvalue weighted by molar-refractivity contribution is -0.136. The number of carboxylic acid groups (broad SMARTS) is 1. The summed E-state index contributed by atoms with van der Waals surface area (Å²) in [6, 6.07) is 3.45. The number of aromatic nitrogens is 1. The average Bonchev–Trinajstić information content (AvgIpc) is 2.77. The van der Waals surface area contributed by atoms with Gasteiger partial charge in [-0.05, 0) is 24.6 Å². The molecule has 21 heavy (non-hydrogen) atoms. The first-order valence-electron chi connectivity index (χ1n) is 5.73. The maximum atomic E-state index is 13.2. The summed E-state index contributed by atoms with van der Waals surface area (Å²) in [6.07, 6.45) is 1.05. The van der Waals surface area contributed by atoms with Crippen LogP contribution in [0.1, 0.15) is 10.4 Å². The van der Waals surface area contributed by atoms with Gasteiger partial charge in [-0.25, -0.2) is 17.8 Å². The van der Waals surface area contributed by atoms with Gasteiger partial charge in [0, 0.05) is 11.1 Å². The van der Waals surface area contributed by atoms with Gasteiger partial charge < -0.3 is 5.11 Å². The number of sulfonamides is 1. The van der Waals surface area contributed by atoms with Gasteiger partial charge in [0.15, 0.2) is 5.13 Å². The van der Waals surface area contributed by atoms with Gasteiger partial charge in [0.25, 0.3) is 10.0 Å². The number of rotatable bonds is 5. The molecule has 1 aromatic heterocycles. The van der Waals surface area contributed by atoms with Crippen molar-refractivity contribution in [2.45, 2.75) is 18.2 Å². The van der Waals surface area contributed by atoms with Gasteiger partial charge in [0.2, 0.25) is 0 Å². The monoisotopic (exact) mass is 330 g/mol. The first-order chi connectivity index (χ1) is 9.78. The van der Waals surface area contributed by atoms with Crippen molar-refractivity contribution in [2.24, 2.45) is 0 Å². The third-order valence-corrected chi connectivity index (χ3v) is 5.06. The Hall–Kier alpha value is -2.00. The molecule has 2 aromatic rings. The Morgan fingerprint density at radius 1 is 1.48 bits per heavy atom. The van der Waals surface area contributed by atoms with Gasteiger partial charge in [-0.3, -0.25) is 9.52 Å². The number of aliphatic carboxylic acids is 1. The number of halogens is 1. The van der Waals surface area contributed by atoms with E-state index in [4.69, 9.17) is 5.11 Å². The smallest absolute Gasteiger partial charge is 0.308 e. The molecule has 0 saturated heterocycles. The molecule has 0 atom stereocenters. The number of carbonyl (C=O) groups is 1. The largest absolute Gasteiger partial charge is 0.481 e. The Kier molecular flexibility index (Phi) is 4.24. The highest BCUT2D eigenvalue weighted by Gasteiger charge is 2.19. The highest BCUT2D eigenvalue weighted by atomic mass is 32.2. The van der Waals surface area contributed by atoms with Crippen LogP contribution < -0.4 is 4.72 Å². The lowest BCUT2D eigenvalue weighted by atomic mass is 10.2. The molecule has 0 aliphatic heterocycles. The van der Waals surface area contributed by atoms with Gasteiger partial charge in [0.05, 0.1) is 11.3 Å². The van der Waals surface area contributed by atoms with E-state index < -0.39 is 21.8 Å². The van der Waals surface area contributed by atoms with E-state index >= 15 is 0 Å². The molecule has 0 aliphatic rings. The van der Waals surface area contributed by atoms with E-state index in [2.05, 4.69) is 9.71 Å². The van der Waals surface area contributed by atoms with Gasteiger partial charge >= 0.3 is 5.97 Å². The number of aryl methyl sites for hydroxylation is 1. The predicted octanol–water partition coefficient (Wildman–Crippen LogP) is 2.02. The first kappa shape index (κ1) is 15.4. The highest BCUT2D eigenvalue weighted by Crippen LogP contribution is 2.24. The Balaban J connectivity index is 2.27. The van der Waals surface area contributed by atoms with E-state index in [1.807, 2.05) is 0 Å². The molecule has 1 aromatic carbocycles. The summed E-state index contributed by atoms with van der Waals surface area (Å²) in [7, 11) is -3.97. The summed E-state index contributed by atoms with van der Waals surface area (Å²) in [6.45, 7) is 1.55. The van der Waals surface area contributed by atoms with E-state index in [9.17, 15) is 17.6 Å². The molecular weight excluding hydrogens is 319 g/mol. The minimum atomic E-state index is -3.97. The molecule has 0 saturated carbocycles. The normalized spacial score (nSPS) is 11.3.